The van der Waals surface area contributed by atoms with Gasteiger partial charge in [0, 0.05) is 18.7 Å². The maximum absolute atomic E-state index is 13.6. The van der Waals surface area contributed by atoms with E-state index in [-0.39, 0.29) is 24.2 Å². The highest BCUT2D eigenvalue weighted by molar-refractivity contribution is 5.95. The van der Waals surface area contributed by atoms with Gasteiger partial charge in [-0.05, 0) is 59.5 Å². The van der Waals surface area contributed by atoms with E-state index in [0.717, 1.165) is 22.3 Å². The highest BCUT2D eigenvalue weighted by Gasteiger charge is 2.21. The molecule has 38 heavy (non-hydrogen) atoms. The van der Waals surface area contributed by atoms with Gasteiger partial charge in [-0.25, -0.2) is 4.79 Å². The Labute approximate surface area is 219 Å². The molecule has 0 saturated carbocycles. The number of benzene rings is 4. The van der Waals surface area contributed by atoms with Crippen LogP contribution in [0.1, 0.15) is 27.0 Å². The van der Waals surface area contributed by atoms with Crippen molar-refractivity contribution in [1.29, 1.82) is 0 Å². The number of aromatic hydroxyl groups is 1. The second-order valence-electron chi connectivity index (χ2n) is 8.96. The topological polar surface area (TPSA) is 106 Å². The zero-order valence-corrected chi connectivity index (χ0v) is 20.6. The standard InChI is InChI=1S/C30H25NO7/c1-19-2-4-20(5-3-19)16-31(29(33)24-11-13-26-28(15-24)37-18-36-26)17-21-6-8-22(9-7-21)23-10-12-25(32)27(14-23)38-30(34)35/h2-15,32H,16-18H2,1H3,(H,34,35). The lowest BCUT2D eigenvalue weighted by atomic mass is 10.0. The molecule has 0 bridgehead atoms. The molecule has 0 aliphatic carbocycles. The number of carbonyl (C=O) groups is 2. The number of carboxylic acid groups (broad SMARTS) is 1. The summed E-state index contributed by atoms with van der Waals surface area (Å²) < 4.78 is 15.5. The Hall–Kier alpha value is -4.98. The minimum atomic E-state index is -1.51. The predicted molar refractivity (Wildman–Crippen MR) is 140 cm³/mol. The number of ether oxygens (including phenoxy) is 3. The number of phenols is 1. The van der Waals surface area contributed by atoms with Crippen LogP contribution >= 0.6 is 0 Å². The van der Waals surface area contributed by atoms with E-state index in [1.165, 1.54) is 12.1 Å². The number of carbonyl (C=O) groups excluding carboxylic acids is 1. The van der Waals surface area contributed by atoms with Crippen molar-refractivity contribution in [3.63, 3.8) is 0 Å². The third-order valence-corrected chi connectivity index (χ3v) is 6.22. The lowest BCUT2D eigenvalue weighted by Crippen LogP contribution is -2.30. The summed E-state index contributed by atoms with van der Waals surface area (Å²) in [5.74, 6) is 0.630. The Balaban J connectivity index is 1.39. The van der Waals surface area contributed by atoms with Crippen LogP contribution in [0.2, 0.25) is 0 Å². The van der Waals surface area contributed by atoms with Crippen LogP contribution in [-0.4, -0.2) is 34.0 Å². The summed E-state index contributed by atoms with van der Waals surface area (Å²) in [6, 6.07) is 25.4. The number of hydrogen-bond donors (Lipinski definition) is 2. The third kappa shape index (κ3) is 5.54. The molecule has 1 aliphatic rings. The Morgan fingerprint density at radius 3 is 2.13 bits per heavy atom. The van der Waals surface area contributed by atoms with Crippen LogP contribution in [-0.2, 0) is 13.1 Å². The molecule has 0 spiro atoms. The van der Waals surface area contributed by atoms with Gasteiger partial charge in [0.1, 0.15) is 0 Å². The zero-order valence-electron chi connectivity index (χ0n) is 20.6. The molecule has 8 nitrogen and oxygen atoms in total. The molecule has 4 aromatic carbocycles. The van der Waals surface area contributed by atoms with Crippen molar-refractivity contribution in [2.75, 3.05) is 6.79 Å². The van der Waals surface area contributed by atoms with Crippen LogP contribution < -0.4 is 14.2 Å². The lowest BCUT2D eigenvalue weighted by molar-refractivity contribution is 0.0729. The van der Waals surface area contributed by atoms with Gasteiger partial charge in [-0.1, -0.05) is 60.2 Å². The number of rotatable bonds is 7. The molecule has 0 saturated heterocycles. The summed E-state index contributed by atoms with van der Waals surface area (Å²) in [5, 5.41) is 18.8. The first-order valence-corrected chi connectivity index (χ1v) is 11.9. The second kappa shape index (κ2) is 10.6. The van der Waals surface area contributed by atoms with Crippen molar-refractivity contribution >= 4 is 12.1 Å². The van der Waals surface area contributed by atoms with E-state index in [9.17, 15) is 14.7 Å². The fraction of sp³-hybridized carbons (Fsp3) is 0.133. The van der Waals surface area contributed by atoms with Crippen molar-refractivity contribution < 1.29 is 34.0 Å². The van der Waals surface area contributed by atoms with Crippen molar-refractivity contribution in [3.05, 3.63) is 107 Å². The number of amides is 1. The second-order valence-corrected chi connectivity index (χ2v) is 8.96. The van der Waals surface area contributed by atoms with Crippen molar-refractivity contribution in [3.8, 4) is 34.1 Å². The van der Waals surface area contributed by atoms with Gasteiger partial charge in [-0.3, -0.25) is 4.79 Å². The molecule has 2 N–H and O–H groups in total. The van der Waals surface area contributed by atoms with Crippen molar-refractivity contribution in [2.24, 2.45) is 0 Å². The summed E-state index contributed by atoms with van der Waals surface area (Å²) in [7, 11) is 0. The first-order valence-electron chi connectivity index (χ1n) is 11.9. The van der Waals surface area contributed by atoms with Crippen molar-refractivity contribution in [1.82, 2.24) is 4.90 Å². The minimum absolute atomic E-state index is 0.136. The third-order valence-electron chi connectivity index (χ3n) is 6.22. The average molecular weight is 512 g/mol. The van der Waals surface area contributed by atoms with E-state index in [1.54, 1.807) is 29.2 Å². The highest BCUT2D eigenvalue weighted by Crippen LogP contribution is 2.34. The van der Waals surface area contributed by atoms with E-state index in [2.05, 4.69) is 4.74 Å². The molecule has 0 atom stereocenters. The SMILES string of the molecule is Cc1ccc(CN(Cc2ccc(-c3ccc(O)c(OC(=O)O)c3)cc2)C(=O)c2ccc3c(c2)OCO3)cc1. The molecular weight excluding hydrogens is 486 g/mol. The normalized spacial score (nSPS) is 11.7. The van der Waals surface area contributed by atoms with E-state index >= 15 is 0 Å². The number of aryl methyl sites for hydroxylation is 1. The molecule has 0 radical (unpaired) electrons. The minimum Gasteiger partial charge on any atom is -0.504 e. The van der Waals surface area contributed by atoms with E-state index in [4.69, 9.17) is 14.6 Å². The Bertz CT molecular complexity index is 1480. The van der Waals surface area contributed by atoms with Crippen molar-refractivity contribution in [2.45, 2.75) is 20.0 Å². The van der Waals surface area contributed by atoms with Crippen LogP contribution in [0.5, 0.6) is 23.0 Å². The van der Waals surface area contributed by atoms with Crippen LogP contribution in [0.15, 0.2) is 84.9 Å². The van der Waals surface area contributed by atoms with E-state index in [0.29, 0.717) is 35.7 Å². The molecule has 192 valence electrons. The van der Waals surface area contributed by atoms with Crippen LogP contribution in [0.25, 0.3) is 11.1 Å². The monoisotopic (exact) mass is 511 g/mol. The van der Waals surface area contributed by atoms with Gasteiger partial charge in [0.2, 0.25) is 6.79 Å². The smallest absolute Gasteiger partial charge is 0.504 e. The summed E-state index contributed by atoms with van der Waals surface area (Å²) >= 11 is 0. The average Bonchev–Trinajstić information content (AvgIpc) is 3.39. The first-order chi connectivity index (χ1) is 18.4. The van der Waals surface area contributed by atoms with Crippen LogP contribution in [0, 0.1) is 6.92 Å². The van der Waals surface area contributed by atoms with E-state index in [1.807, 2.05) is 55.5 Å². The Kier molecular flexibility index (Phi) is 6.86. The number of fused-ring (bicyclic) bond motifs is 1. The Morgan fingerprint density at radius 1 is 0.816 bits per heavy atom. The molecule has 1 heterocycles. The van der Waals surface area contributed by atoms with Crippen LogP contribution in [0.3, 0.4) is 0 Å². The number of phenolic OH excluding ortho intramolecular Hbond substituents is 1. The molecule has 1 aliphatic heterocycles. The Morgan fingerprint density at radius 2 is 1.45 bits per heavy atom. The predicted octanol–water partition coefficient (Wildman–Crippen LogP) is 6.00. The highest BCUT2D eigenvalue weighted by atomic mass is 16.7. The quantitative estimate of drug-likeness (QED) is 0.232. The van der Waals surface area contributed by atoms with Gasteiger partial charge < -0.3 is 29.3 Å². The fourth-order valence-corrected chi connectivity index (χ4v) is 4.22. The molecule has 8 heteroatoms. The van der Waals surface area contributed by atoms with Gasteiger partial charge in [-0.2, -0.15) is 0 Å². The number of hydrogen-bond acceptors (Lipinski definition) is 6. The van der Waals surface area contributed by atoms with Gasteiger partial charge in [-0.15, -0.1) is 0 Å². The van der Waals surface area contributed by atoms with Gasteiger partial charge in [0.05, 0.1) is 0 Å². The molecule has 0 fully saturated rings. The van der Waals surface area contributed by atoms with Gasteiger partial charge >= 0.3 is 6.16 Å². The zero-order chi connectivity index (χ0) is 26.6. The molecule has 5 rings (SSSR count). The van der Waals surface area contributed by atoms with E-state index < -0.39 is 6.16 Å². The number of nitrogens with zero attached hydrogens (tertiary/aromatic N) is 1. The molecule has 0 aromatic heterocycles. The van der Waals surface area contributed by atoms with Crippen LogP contribution in [0.4, 0.5) is 4.79 Å². The van der Waals surface area contributed by atoms with Gasteiger partial charge in [0.25, 0.3) is 5.91 Å². The first kappa shape index (κ1) is 24.7. The lowest BCUT2D eigenvalue weighted by Gasteiger charge is -2.24. The van der Waals surface area contributed by atoms with Gasteiger partial charge in [0.15, 0.2) is 23.0 Å². The maximum Gasteiger partial charge on any atom is 0.511 e. The molecule has 4 aromatic rings. The summed E-state index contributed by atoms with van der Waals surface area (Å²) in [6.07, 6.45) is -1.51. The maximum atomic E-state index is 13.6. The fourth-order valence-electron chi connectivity index (χ4n) is 4.22. The molecule has 0 unspecified atom stereocenters. The molecular formula is C30H25NO7. The summed E-state index contributed by atoms with van der Waals surface area (Å²) in [6.45, 7) is 2.94. The molecule has 1 amide bonds. The summed E-state index contributed by atoms with van der Waals surface area (Å²) in [5.41, 5.74) is 5.05. The summed E-state index contributed by atoms with van der Waals surface area (Å²) in [4.78, 5) is 26.3. The largest absolute Gasteiger partial charge is 0.511 e.